The SMILES string of the molecule is O=C(c1onc2ncccc12)N1CCC2(CC1)C[C@@H](O)C[C@H](c1ccccc1)O2. The molecule has 2 aliphatic heterocycles. The Hall–Kier alpha value is -2.77. The van der Waals surface area contributed by atoms with Gasteiger partial charge in [0.15, 0.2) is 0 Å². The lowest BCUT2D eigenvalue weighted by atomic mass is 9.81. The van der Waals surface area contributed by atoms with Gasteiger partial charge in [-0.1, -0.05) is 35.5 Å². The molecule has 2 fully saturated rings. The van der Waals surface area contributed by atoms with Gasteiger partial charge < -0.3 is 19.3 Å². The largest absolute Gasteiger partial charge is 0.393 e. The van der Waals surface area contributed by atoms with Crippen LogP contribution in [0.3, 0.4) is 0 Å². The molecule has 0 bridgehead atoms. The molecule has 1 spiro atoms. The highest BCUT2D eigenvalue weighted by atomic mass is 16.5. The number of likely N-dealkylation sites (tertiary alicyclic amines) is 1. The molecule has 2 aromatic heterocycles. The molecule has 1 N–H and O–H groups in total. The van der Waals surface area contributed by atoms with Crippen molar-refractivity contribution in [1.82, 2.24) is 15.0 Å². The van der Waals surface area contributed by atoms with Gasteiger partial charge in [0, 0.05) is 32.1 Å². The molecule has 2 saturated heterocycles. The van der Waals surface area contributed by atoms with Gasteiger partial charge >= 0.3 is 0 Å². The fourth-order valence-electron chi connectivity index (χ4n) is 4.55. The Kier molecular flexibility index (Phi) is 4.56. The van der Waals surface area contributed by atoms with E-state index in [-0.39, 0.29) is 17.8 Å². The van der Waals surface area contributed by atoms with Crippen LogP contribution in [0.15, 0.2) is 53.2 Å². The summed E-state index contributed by atoms with van der Waals surface area (Å²) in [4.78, 5) is 18.9. The average Bonchev–Trinajstić information content (AvgIpc) is 3.18. The number of aliphatic hydroxyl groups excluding tert-OH is 1. The summed E-state index contributed by atoms with van der Waals surface area (Å²) in [5.41, 5.74) is 1.12. The lowest BCUT2D eigenvalue weighted by molar-refractivity contribution is -0.181. The van der Waals surface area contributed by atoms with Gasteiger partial charge in [-0.25, -0.2) is 4.98 Å². The first kappa shape index (κ1) is 18.3. The van der Waals surface area contributed by atoms with E-state index in [1.54, 1.807) is 23.2 Å². The Morgan fingerprint density at radius 2 is 1.93 bits per heavy atom. The fraction of sp³-hybridized carbons (Fsp3) is 0.409. The molecular weight excluding hydrogens is 370 g/mol. The predicted molar refractivity (Wildman–Crippen MR) is 105 cm³/mol. The van der Waals surface area contributed by atoms with Crippen molar-refractivity contribution in [2.24, 2.45) is 0 Å². The summed E-state index contributed by atoms with van der Waals surface area (Å²) in [5, 5.41) is 15.0. The molecule has 7 nitrogen and oxygen atoms in total. The molecular formula is C22H23N3O4. The second kappa shape index (κ2) is 7.24. The van der Waals surface area contributed by atoms with Crippen LogP contribution in [0.2, 0.25) is 0 Å². The third-order valence-electron chi connectivity index (χ3n) is 6.07. The van der Waals surface area contributed by atoms with E-state index in [4.69, 9.17) is 9.26 Å². The standard InChI is InChI=1S/C22H23N3O4/c26-16-13-18(15-5-2-1-3-6-15)28-22(14-16)8-11-25(12-9-22)21(27)19-17-7-4-10-23-20(17)24-29-19/h1-7,10,16,18,26H,8-9,11-14H2/t16-,18+/m0/s1. The van der Waals surface area contributed by atoms with Crippen molar-refractivity contribution >= 4 is 16.9 Å². The third kappa shape index (κ3) is 3.41. The number of hydrogen-bond donors (Lipinski definition) is 1. The maximum Gasteiger partial charge on any atom is 0.293 e. The predicted octanol–water partition coefficient (Wildman–Crippen LogP) is 3.11. The summed E-state index contributed by atoms with van der Waals surface area (Å²) >= 11 is 0. The van der Waals surface area contributed by atoms with E-state index < -0.39 is 11.7 Å². The number of nitrogens with zero attached hydrogens (tertiary/aromatic N) is 3. The molecule has 0 saturated carbocycles. The number of amides is 1. The number of carbonyl (C=O) groups is 1. The molecule has 3 aromatic rings. The van der Waals surface area contributed by atoms with Crippen LogP contribution in [-0.4, -0.2) is 50.8 Å². The number of pyridine rings is 1. The first-order chi connectivity index (χ1) is 14.1. The van der Waals surface area contributed by atoms with Crippen LogP contribution in [0.1, 0.15) is 47.9 Å². The Balaban J connectivity index is 1.31. The van der Waals surface area contributed by atoms with Gasteiger partial charge in [0.05, 0.1) is 23.2 Å². The normalized spacial score (nSPS) is 24.1. The molecule has 0 aliphatic carbocycles. The molecule has 29 heavy (non-hydrogen) atoms. The smallest absolute Gasteiger partial charge is 0.293 e. The Morgan fingerprint density at radius 3 is 2.72 bits per heavy atom. The maximum atomic E-state index is 13.0. The average molecular weight is 393 g/mol. The number of rotatable bonds is 2. The highest BCUT2D eigenvalue weighted by molar-refractivity contribution is 6.02. The lowest BCUT2D eigenvalue weighted by Crippen LogP contribution is -2.52. The molecule has 7 heteroatoms. The topological polar surface area (TPSA) is 88.7 Å². The molecule has 5 rings (SSSR count). The van der Waals surface area contributed by atoms with Crippen molar-refractivity contribution in [3.05, 3.63) is 60.0 Å². The van der Waals surface area contributed by atoms with Crippen LogP contribution >= 0.6 is 0 Å². The summed E-state index contributed by atoms with van der Waals surface area (Å²) in [6.07, 6.45) is 3.68. The summed E-state index contributed by atoms with van der Waals surface area (Å²) < 4.78 is 11.8. The van der Waals surface area contributed by atoms with Crippen LogP contribution in [0.5, 0.6) is 0 Å². The van der Waals surface area contributed by atoms with Gasteiger partial charge in [0.25, 0.3) is 5.91 Å². The zero-order chi connectivity index (χ0) is 19.8. The number of aromatic nitrogens is 2. The summed E-state index contributed by atoms with van der Waals surface area (Å²) in [6, 6.07) is 13.6. The summed E-state index contributed by atoms with van der Waals surface area (Å²) in [5.74, 6) is 0.0575. The fourth-order valence-corrected chi connectivity index (χ4v) is 4.55. The first-order valence-corrected chi connectivity index (χ1v) is 10.0. The minimum atomic E-state index is -0.403. The van der Waals surface area contributed by atoms with Gasteiger partial charge in [-0.15, -0.1) is 0 Å². The second-order valence-corrected chi connectivity index (χ2v) is 7.97. The molecule has 2 aliphatic rings. The monoisotopic (exact) mass is 393 g/mol. The minimum absolute atomic E-state index is 0.119. The number of piperidine rings is 1. The summed E-state index contributed by atoms with van der Waals surface area (Å²) in [7, 11) is 0. The second-order valence-electron chi connectivity index (χ2n) is 7.97. The Labute approximate surface area is 168 Å². The number of ether oxygens (including phenoxy) is 1. The van der Waals surface area contributed by atoms with Crippen LogP contribution < -0.4 is 0 Å². The van der Waals surface area contributed by atoms with E-state index in [0.717, 1.165) is 5.56 Å². The number of fused-ring (bicyclic) bond motifs is 1. The molecule has 2 atom stereocenters. The third-order valence-corrected chi connectivity index (χ3v) is 6.07. The number of hydrogen-bond acceptors (Lipinski definition) is 6. The Bertz CT molecular complexity index is 1010. The minimum Gasteiger partial charge on any atom is -0.393 e. The van der Waals surface area contributed by atoms with Crippen molar-refractivity contribution in [1.29, 1.82) is 0 Å². The molecule has 150 valence electrons. The Morgan fingerprint density at radius 1 is 1.14 bits per heavy atom. The van der Waals surface area contributed by atoms with Gasteiger partial charge in [-0.05, 0) is 30.5 Å². The lowest BCUT2D eigenvalue weighted by Gasteiger charge is -2.47. The van der Waals surface area contributed by atoms with Crippen LogP contribution in [0.25, 0.3) is 11.0 Å². The number of aliphatic hydroxyl groups is 1. The zero-order valence-electron chi connectivity index (χ0n) is 16.0. The van der Waals surface area contributed by atoms with Crippen molar-refractivity contribution in [3.63, 3.8) is 0 Å². The van der Waals surface area contributed by atoms with E-state index in [2.05, 4.69) is 10.1 Å². The van der Waals surface area contributed by atoms with E-state index >= 15 is 0 Å². The summed E-state index contributed by atoms with van der Waals surface area (Å²) in [6.45, 7) is 1.10. The maximum absolute atomic E-state index is 13.0. The zero-order valence-corrected chi connectivity index (χ0v) is 16.0. The number of carbonyl (C=O) groups excluding carboxylic acids is 1. The van der Waals surface area contributed by atoms with Gasteiger partial charge in [-0.2, -0.15) is 0 Å². The van der Waals surface area contributed by atoms with E-state index in [9.17, 15) is 9.90 Å². The first-order valence-electron chi connectivity index (χ1n) is 10.0. The van der Waals surface area contributed by atoms with E-state index in [1.165, 1.54) is 0 Å². The number of benzene rings is 1. The van der Waals surface area contributed by atoms with Crippen molar-refractivity contribution in [3.8, 4) is 0 Å². The van der Waals surface area contributed by atoms with Crippen LogP contribution in [0, 0.1) is 0 Å². The van der Waals surface area contributed by atoms with Crippen molar-refractivity contribution in [2.75, 3.05) is 13.1 Å². The van der Waals surface area contributed by atoms with Crippen LogP contribution in [-0.2, 0) is 4.74 Å². The van der Waals surface area contributed by atoms with Gasteiger partial charge in [0.1, 0.15) is 0 Å². The molecule has 1 amide bonds. The molecule has 4 heterocycles. The molecule has 1 aromatic carbocycles. The van der Waals surface area contributed by atoms with Gasteiger partial charge in [0.2, 0.25) is 11.4 Å². The van der Waals surface area contributed by atoms with E-state index in [0.29, 0.717) is 49.8 Å². The van der Waals surface area contributed by atoms with Gasteiger partial charge in [-0.3, -0.25) is 4.79 Å². The molecule has 0 unspecified atom stereocenters. The van der Waals surface area contributed by atoms with Crippen LogP contribution in [0.4, 0.5) is 0 Å². The van der Waals surface area contributed by atoms with E-state index in [1.807, 2.05) is 30.3 Å². The quantitative estimate of drug-likeness (QED) is 0.720. The van der Waals surface area contributed by atoms with Crippen molar-refractivity contribution < 1.29 is 19.2 Å². The van der Waals surface area contributed by atoms with Crippen molar-refractivity contribution in [2.45, 2.75) is 43.5 Å². The highest BCUT2D eigenvalue weighted by Gasteiger charge is 2.44. The highest BCUT2D eigenvalue weighted by Crippen LogP contribution is 2.43. The molecule has 0 radical (unpaired) electrons.